The van der Waals surface area contributed by atoms with Gasteiger partial charge in [0.05, 0.1) is 12.0 Å². The van der Waals surface area contributed by atoms with Gasteiger partial charge in [0.1, 0.15) is 17.1 Å². The topological polar surface area (TPSA) is 107 Å². The van der Waals surface area contributed by atoms with Crippen LogP contribution in [0.3, 0.4) is 0 Å². The number of piperidine rings is 1. The first-order chi connectivity index (χ1) is 14.8. The van der Waals surface area contributed by atoms with Gasteiger partial charge in [0, 0.05) is 19.0 Å². The standard InChI is InChI=1S/C19H18F3N5O4/c1-11-14(25-31-24-11)10-16(28)27-8-6-12(7-9-27)18-23-17(26-30-18)13-4-2-3-5-15(13)29-19(20,21)22/h2-5,12H,6-10H2,1H3. The first-order valence-electron chi connectivity index (χ1n) is 9.54. The summed E-state index contributed by atoms with van der Waals surface area (Å²) < 4.78 is 51.9. The fourth-order valence-corrected chi connectivity index (χ4v) is 3.42. The molecule has 31 heavy (non-hydrogen) atoms. The number of aromatic nitrogens is 4. The minimum atomic E-state index is -4.83. The number of amides is 1. The predicted molar refractivity (Wildman–Crippen MR) is 97.7 cm³/mol. The number of aryl methyl sites for hydroxylation is 1. The van der Waals surface area contributed by atoms with Crippen LogP contribution < -0.4 is 4.74 Å². The molecule has 1 aliphatic heterocycles. The molecule has 2 aromatic heterocycles. The summed E-state index contributed by atoms with van der Waals surface area (Å²) in [6.07, 6.45) is -3.54. The van der Waals surface area contributed by atoms with Crippen molar-refractivity contribution in [2.24, 2.45) is 0 Å². The summed E-state index contributed by atoms with van der Waals surface area (Å²) in [6, 6.07) is 5.60. The van der Waals surface area contributed by atoms with E-state index in [1.807, 2.05) is 0 Å². The van der Waals surface area contributed by atoms with Crippen LogP contribution in [-0.2, 0) is 11.2 Å². The highest BCUT2D eigenvalue weighted by Gasteiger charge is 2.33. The number of halogens is 3. The predicted octanol–water partition coefficient (Wildman–Crippen LogP) is 3.28. The Morgan fingerprint density at radius 2 is 1.94 bits per heavy atom. The van der Waals surface area contributed by atoms with Crippen molar-refractivity contribution in [1.29, 1.82) is 0 Å². The molecular weight excluding hydrogens is 419 g/mol. The highest BCUT2D eigenvalue weighted by molar-refractivity contribution is 5.78. The van der Waals surface area contributed by atoms with Crippen LogP contribution in [0.25, 0.3) is 11.4 Å². The van der Waals surface area contributed by atoms with E-state index >= 15 is 0 Å². The largest absolute Gasteiger partial charge is 0.573 e. The molecule has 0 radical (unpaired) electrons. The molecule has 4 rings (SSSR count). The van der Waals surface area contributed by atoms with E-state index in [9.17, 15) is 18.0 Å². The van der Waals surface area contributed by atoms with Gasteiger partial charge in [-0.05, 0) is 31.9 Å². The second-order valence-electron chi connectivity index (χ2n) is 7.13. The van der Waals surface area contributed by atoms with E-state index in [1.54, 1.807) is 17.9 Å². The summed E-state index contributed by atoms with van der Waals surface area (Å²) in [5, 5.41) is 11.2. The number of ether oxygens (including phenoxy) is 1. The van der Waals surface area contributed by atoms with Crippen molar-refractivity contribution in [3.8, 4) is 17.1 Å². The van der Waals surface area contributed by atoms with Gasteiger partial charge >= 0.3 is 6.36 Å². The van der Waals surface area contributed by atoms with Crippen molar-refractivity contribution in [2.45, 2.75) is 38.5 Å². The molecule has 3 heterocycles. The average molecular weight is 437 g/mol. The van der Waals surface area contributed by atoms with Crippen molar-refractivity contribution in [2.75, 3.05) is 13.1 Å². The van der Waals surface area contributed by atoms with Gasteiger partial charge in [-0.25, -0.2) is 4.63 Å². The Hall–Kier alpha value is -3.44. The van der Waals surface area contributed by atoms with E-state index in [0.29, 0.717) is 43.2 Å². The highest BCUT2D eigenvalue weighted by Crippen LogP contribution is 2.34. The zero-order chi connectivity index (χ0) is 22.0. The van der Waals surface area contributed by atoms with E-state index in [1.165, 1.54) is 18.2 Å². The highest BCUT2D eigenvalue weighted by atomic mass is 19.4. The van der Waals surface area contributed by atoms with Gasteiger partial charge in [0.2, 0.25) is 17.6 Å². The lowest BCUT2D eigenvalue weighted by Gasteiger charge is -2.30. The molecule has 0 saturated carbocycles. The van der Waals surface area contributed by atoms with E-state index in [2.05, 4.69) is 29.8 Å². The number of carbonyl (C=O) groups excluding carboxylic acids is 1. The van der Waals surface area contributed by atoms with Crippen LogP contribution in [0.4, 0.5) is 13.2 Å². The summed E-state index contributed by atoms with van der Waals surface area (Å²) in [5.74, 6) is -0.249. The second-order valence-corrected chi connectivity index (χ2v) is 7.13. The third-order valence-corrected chi connectivity index (χ3v) is 5.06. The van der Waals surface area contributed by atoms with Gasteiger partial charge in [-0.3, -0.25) is 4.79 Å². The van der Waals surface area contributed by atoms with Crippen LogP contribution in [0.2, 0.25) is 0 Å². The Kier molecular flexibility index (Phi) is 5.61. The number of likely N-dealkylation sites (tertiary alicyclic amines) is 1. The number of benzene rings is 1. The Labute approximate surface area is 174 Å². The van der Waals surface area contributed by atoms with Gasteiger partial charge in [-0.2, -0.15) is 4.98 Å². The minimum absolute atomic E-state index is 0.0161. The van der Waals surface area contributed by atoms with E-state index in [0.717, 1.165) is 0 Å². The molecule has 1 aliphatic rings. The van der Waals surface area contributed by atoms with E-state index in [-0.39, 0.29) is 29.6 Å². The van der Waals surface area contributed by atoms with E-state index in [4.69, 9.17) is 4.52 Å². The monoisotopic (exact) mass is 437 g/mol. The fraction of sp³-hybridized carbons (Fsp3) is 0.421. The number of alkyl halides is 3. The van der Waals surface area contributed by atoms with E-state index < -0.39 is 12.1 Å². The smallest absolute Gasteiger partial charge is 0.405 e. The van der Waals surface area contributed by atoms with Gasteiger partial charge in [0.25, 0.3) is 0 Å². The van der Waals surface area contributed by atoms with Gasteiger partial charge in [-0.15, -0.1) is 13.2 Å². The molecule has 12 heteroatoms. The summed E-state index contributed by atoms with van der Waals surface area (Å²) in [4.78, 5) is 18.5. The molecular formula is C19H18F3N5O4. The van der Waals surface area contributed by atoms with Crippen LogP contribution in [0.5, 0.6) is 5.75 Å². The minimum Gasteiger partial charge on any atom is -0.405 e. The van der Waals surface area contributed by atoms with Gasteiger partial charge in [-0.1, -0.05) is 27.6 Å². The first kappa shape index (κ1) is 20.8. The Morgan fingerprint density at radius 1 is 1.19 bits per heavy atom. The maximum atomic E-state index is 12.6. The van der Waals surface area contributed by atoms with Crippen LogP contribution in [0.1, 0.15) is 36.0 Å². The molecule has 0 bridgehead atoms. The molecule has 1 fully saturated rings. The maximum Gasteiger partial charge on any atom is 0.573 e. The van der Waals surface area contributed by atoms with Crippen molar-refractivity contribution >= 4 is 5.91 Å². The van der Waals surface area contributed by atoms with Crippen LogP contribution >= 0.6 is 0 Å². The van der Waals surface area contributed by atoms with Gasteiger partial charge < -0.3 is 14.2 Å². The molecule has 1 aromatic carbocycles. The SMILES string of the molecule is Cc1nonc1CC(=O)N1CCC(c2nc(-c3ccccc3OC(F)(F)F)no2)CC1. The summed E-state index contributed by atoms with van der Waals surface area (Å²) in [7, 11) is 0. The zero-order valence-corrected chi connectivity index (χ0v) is 16.4. The normalized spacial score (nSPS) is 15.3. The number of hydrogen-bond donors (Lipinski definition) is 0. The first-order valence-corrected chi connectivity index (χ1v) is 9.54. The molecule has 0 unspecified atom stereocenters. The number of carbonyl (C=O) groups is 1. The quantitative estimate of drug-likeness (QED) is 0.599. The molecule has 1 saturated heterocycles. The molecule has 3 aromatic rings. The van der Waals surface area contributed by atoms with Crippen molar-refractivity contribution in [3.63, 3.8) is 0 Å². The Bertz CT molecular complexity index is 1060. The third-order valence-electron chi connectivity index (χ3n) is 5.06. The molecule has 164 valence electrons. The lowest BCUT2D eigenvalue weighted by Crippen LogP contribution is -2.39. The molecule has 1 amide bonds. The van der Waals surface area contributed by atoms with Gasteiger partial charge in [0.15, 0.2) is 0 Å². The lowest BCUT2D eigenvalue weighted by atomic mass is 9.96. The lowest BCUT2D eigenvalue weighted by molar-refractivity contribution is -0.274. The number of nitrogens with zero attached hydrogens (tertiary/aromatic N) is 5. The maximum absolute atomic E-state index is 12.6. The number of hydrogen-bond acceptors (Lipinski definition) is 8. The summed E-state index contributed by atoms with van der Waals surface area (Å²) in [6.45, 7) is 2.69. The second kappa shape index (κ2) is 8.36. The average Bonchev–Trinajstić information content (AvgIpc) is 3.37. The van der Waals surface area contributed by atoms with Crippen molar-refractivity contribution in [1.82, 2.24) is 25.4 Å². The fourth-order valence-electron chi connectivity index (χ4n) is 3.42. The summed E-state index contributed by atoms with van der Waals surface area (Å²) in [5.41, 5.74) is 1.17. The van der Waals surface area contributed by atoms with Crippen molar-refractivity contribution in [3.05, 3.63) is 41.5 Å². The Morgan fingerprint density at radius 3 is 2.61 bits per heavy atom. The number of rotatable bonds is 5. The van der Waals surface area contributed by atoms with Crippen LogP contribution in [0, 0.1) is 6.92 Å². The third kappa shape index (κ3) is 4.84. The number of para-hydroxylation sites is 1. The van der Waals surface area contributed by atoms with Crippen molar-refractivity contribution < 1.29 is 31.9 Å². The summed E-state index contributed by atoms with van der Waals surface area (Å²) >= 11 is 0. The Balaban J connectivity index is 1.40. The van der Waals surface area contributed by atoms with Crippen LogP contribution in [0.15, 0.2) is 33.4 Å². The molecule has 0 aliphatic carbocycles. The zero-order valence-electron chi connectivity index (χ0n) is 16.4. The van der Waals surface area contributed by atoms with Crippen LogP contribution in [-0.4, -0.2) is 50.7 Å². The molecule has 0 spiro atoms. The molecule has 0 atom stereocenters. The molecule has 0 N–H and O–H groups in total. The molecule has 9 nitrogen and oxygen atoms in total.